The number of phenolic OH excluding ortho intramolecular Hbond substituents is 1. The number of phenols is 1. The second-order valence-electron chi connectivity index (χ2n) is 3.30. The van der Waals surface area contributed by atoms with Gasteiger partial charge in [0.15, 0.2) is 5.78 Å². The fourth-order valence-corrected chi connectivity index (χ4v) is 1.81. The molecule has 94 valence electrons. The minimum Gasteiger partial charge on any atom is -0.507 e. The Morgan fingerprint density at radius 3 is 2.24 bits per heavy atom. The molecule has 0 aliphatic carbocycles. The van der Waals surface area contributed by atoms with E-state index >= 15 is 0 Å². The average Bonchev–Trinajstić information content (AvgIpc) is 2.20. The number of carbonyl (C=O) groups is 1. The van der Waals surface area contributed by atoms with E-state index in [4.69, 9.17) is 27.8 Å². The summed E-state index contributed by atoms with van der Waals surface area (Å²) in [5, 5.41) is 7.79. The first-order valence-electron chi connectivity index (χ1n) is 4.33. The lowest BCUT2D eigenvalue weighted by Crippen LogP contribution is -2.26. The SMILES string of the molecule is C[C@H](C(=O)c1cc(Cl)c(Cl)cc1O)S(=O)(=O)O. The van der Waals surface area contributed by atoms with Crippen molar-refractivity contribution in [2.45, 2.75) is 12.2 Å². The van der Waals surface area contributed by atoms with Gasteiger partial charge in [0.25, 0.3) is 10.1 Å². The third-order valence-corrected chi connectivity index (χ3v) is 3.95. The highest BCUT2D eigenvalue weighted by atomic mass is 35.5. The maximum absolute atomic E-state index is 11.7. The zero-order chi connectivity index (χ0) is 13.4. The second kappa shape index (κ2) is 4.81. The quantitative estimate of drug-likeness (QED) is 0.659. The number of halogens is 2. The summed E-state index contributed by atoms with van der Waals surface area (Å²) in [5.74, 6) is -1.47. The van der Waals surface area contributed by atoms with Gasteiger partial charge in [0, 0.05) is 6.07 Å². The number of carbonyl (C=O) groups excluding carboxylic acids is 1. The summed E-state index contributed by atoms with van der Waals surface area (Å²) < 4.78 is 30.3. The van der Waals surface area contributed by atoms with Crippen molar-refractivity contribution in [1.82, 2.24) is 0 Å². The van der Waals surface area contributed by atoms with Crippen molar-refractivity contribution in [2.75, 3.05) is 0 Å². The largest absolute Gasteiger partial charge is 0.507 e. The van der Waals surface area contributed by atoms with E-state index in [1.165, 1.54) is 0 Å². The molecule has 0 unspecified atom stereocenters. The van der Waals surface area contributed by atoms with Gasteiger partial charge in [0.2, 0.25) is 0 Å². The smallest absolute Gasteiger partial charge is 0.275 e. The maximum atomic E-state index is 11.7. The lowest BCUT2D eigenvalue weighted by Gasteiger charge is -2.09. The molecule has 0 aliphatic heterocycles. The highest BCUT2D eigenvalue weighted by Gasteiger charge is 2.29. The molecule has 0 radical (unpaired) electrons. The highest BCUT2D eigenvalue weighted by Crippen LogP contribution is 2.31. The van der Waals surface area contributed by atoms with E-state index in [2.05, 4.69) is 0 Å². The van der Waals surface area contributed by atoms with E-state index in [0.717, 1.165) is 19.1 Å². The van der Waals surface area contributed by atoms with E-state index in [1.54, 1.807) is 0 Å². The zero-order valence-corrected chi connectivity index (χ0v) is 10.8. The Morgan fingerprint density at radius 1 is 1.29 bits per heavy atom. The Labute approximate surface area is 108 Å². The molecule has 0 aliphatic rings. The predicted octanol–water partition coefficient (Wildman–Crippen LogP) is 2.16. The van der Waals surface area contributed by atoms with Gasteiger partial charge >= 0.3 is 0 Å². The van der Waals surface area contributed by atoms with Crippen LogP contribution in [-0.4, -0.2) is 29.1 Å². The molecule has 1 aromatic carbocycles. The van der Waals surface area contributed by atoms with Crippen molar-refractivity contribution in [3.63, 3.8) is 0 Å². The summed E-state index contributed by atoms with van der Waals surface area (Å²) in [6, 6.07) is 2.07. The topological polar surface area (TPSA) is 91.7 Å². The van der Waals surface area contributed by atoms with E-state index in [-0.39, 0.29) is 15.6 Å². The number of Topliss-reactive ketones (excluding diaryl/α,β-unsaturated/α-hetero) is 1. The molecule has 0 aromatic heterocycles. The van der Waals surface area contributed by atoms with Crippen LogP contribution in [0.1, 0.15) is 17.3 Å². The molecule has 0 amide bonds. The Morgan fingerprint density at radius 2 is 1.76 bits per heavy atom. The van der Waals surface area contributed by atoms with Crippen molar-refractivity contribution in [2.24, 2.45) is 0 Å². The second-order valence-corrected chi connectivity index (χ2v) is 5.86. The first-order chi connectivity index (χ1) is 7.64. The molecule has 0 bridgehead atoms. The molecule has 0 spiro atoms. The van der Waals surface area contributed by atoms with Gasteiger partial charge in [-0.3, -0.25) is 9.35 Å². The van der Waals surface area contributed by atoms with Crippen LogP contribution in [0.4, 0.5) is 0 Å². The van der Waals surface area contributed by atoms with Gasteiger partial charge in [-0.05, 0) is 13.0 Å². The summed E-state index contributed by atoms with van der Waals surface area (Å²) in [6.07, 6.45) is 0. The average molecular weight is 299 g/mol. The van der Waals surface area contributed by atoms with Crippen LogP contribution in [0.15, 0.2) is 12.1 Å². The zero-order valence-electron chi connectivity index (χ0n) is 8.52. The maximum Gasteiger partial charge on any atom is 0.275 e. The van der Waals surface area contributed by atoms with E-state index < -0.39 is 26.9 Å². The van der Waals surface area contributed by atoms with Gasteiger partial charge in [0.05, 0.1) is 15.6 Å². The van der Waals surface area contributed by atoms with Crippen molar-refractivity contribution in [3.05, 3.63) is 27.7 Å². The fourth-order valence-electron chi connectivity index (χ4n) is 1.09. The Hall–Kier alpha value is -0.820. The molecule has 1 aromatic rings. The monoisotopic (exact) mass is 298 g/mol. The summed E-state index contributed by atoms with van der Waals surface area (Å²) >= 11 is 11.2. The number of hydrogen-bond acceptors (Lipinski definition) is 4. The Bertz CT molecular complexity index is 567. The van der Waals surface area contributed by atoms with Crippen LogP contribution < -0.4 is 0 Å². The normalized spacial score (nSPS) is 13.4. The highest BCUT2D eigenvalue weighted by molar-refractivity contribution is 7.87. The summed E-state index contributed by atoms with van der Waals surface area (Å²) in [6.45, 7) is 1.000. The molecular formula is C9H8Cl2O5S. The summed E-state index contributed by atoms with van der Waals surface area (Å²) in [4.78, 5) is 11.7. The van der Waals surface area contributed by atoms with Crippen LogP contribution in [0.3, 0.4) is 0 Å². The van der Waals surface area contributed by atoms with E-state index in [0.29, 0.717) is 0 Å². The molecular weight excluding hydrogens is 291 g/mol. The number of aromatic hydroxyl groups is 1. The number of ketones is 1. The van der Waals surface area contributed by atoms with Gasteiger partial charge in [-0.1, -0.05) is 23.2 Å². The van der Waals surface area contributed by atoms with Gasteiger partial charge in [-0.2, -0.15) is 8.42 Å². The van der Waals surface area contributed by atoms with Crippen molar-refractivity contribution in [3.8, 4) is 5.75 Å². The lowest BCUT2D eigenvalue weighted by atomic mass is 10.1. The van der Waals surface area contributed by atoms with Gasteiger partial charge in [0.1, 0.15) is 11.0 Å². The van der Waals surface area contributed by atoms with Crippen molar-refractivity contribution in [1.29, 1.82) is 0 Å². The first kappa shape index (κ1) is 14.2. The standard InChI is InChI=1S/C9H8Cl2O5S/c1-4(17(14,15)16)9(13)5-2-6(10)7(11)3-8(5)12/h2-4,12H,1H3,(H,14,15,16)/t4-/m1/s1. The minimum absolute atomic E-state index is 0.00430. The number of hydrogen-bond donors (Lipinski definition) is 2. The van der Waals surface area contributed by atoms with Crippen LogP contribution in [0.5, 0.6) is 5.75 Å². The van der Waals surface area contributed by atoms with Crippen LogP contribution in [0.25, 0.3) is 0 Å². The molecule has 1 atom stereocenters. The Balaban J connectivity index is 3.27. The number of benzene rings is 1. The molecule has 0 saturated carbocycles. The van der Waals surface area contributed by atoms with Gasteiger partial charge < -0.3 is 5.11 Å². The minimum atomic E-state index is -4.53. The van der Waals surface area contributed by atoms with Crippen LogP contribution >= 0.6 is 23.2 Å². The summed E-state index contributed by atoms with van der Waals surface area (Å²) in [5.41, 5.74) is -0.315. The molecule has 17 heavy (non-hydrogen) atoms. The molecule has 0 saturated heterocycles. The Kier molecular flexibility index (Phi) is 4.03. The van der Waals surface area contributed by atoms with Gasteiger partial charge in [-0.25, -0.2) is 0 Å². The lowest BCUT2D eigenvalue weighted by molar-refractivity contribution is 0.0986. The van der Waals surface area contributed by atoms with Crippen LogP contribution in [-0.2, 0) is 10.1 Å². The van der Waals surface area contributed by atoms with Crippen LogP contribution in [0, 0.1) is 0 Å². The van der Waals surface area contributed by atoms with Crippen molar-refractivity contribution >= 4 is 39.1 Å². The fraction of sp³-hybridized carbons (Fsp3) is 0.222. The summed E-state index contributed by atoms with van der Waals surface area (Å²) in [7, 11) is -4.53. The third-order valence-electron chi connectivity index (χ3n) is 2.12. The van der Waals surface area contributed by atoms with E-state index in [9.17, 15) is 18.3 Å². The van der Waals surface area contributed by atoms with Crippen molar-refractivity contribution < 1.29 is 22.9 Å². The molecule has 8 heteroatoms. The molecule has 2 N–H and O–H groups in total. The van der Waals surface area contributed by atoms with Gasteiger partial charge in [-0.15, -0.1) is 0 Å². The van der Waals surface area contributed by atoms with Crippen LogP contribution in [0.2, 0.25) is 10.0 Å². The molecule has 5 nitrogen and oxygen atoms in total. The molecule has 1 rings (SSSR count). The van der Waals surface area contributed by atoms with E-state index in [1.807, 2.05) is 0 Å². The third kappa shape index (κ3) is 3.10. The molecule has 0 fully saturated rings. The predicted molar refractivity (Wildman–Crippen MR) is 63.5 cm³/mol. The first-order valence-corrected chi connectivity index (χ1v) is 6.59. The molecule has 0 heterocycles. The number of rotatable bonds is 3.